The van der Waals surface area contributed by atoms with Gasteiger partial charge in [0.2, 0.25) is 0 Å². The number of carbonyl (C=O) groups excluding carboxylic acids is 1. The number of carbonyl (C=O) groups is 1. The highest BCUT2D eigenvalue weighted by molar-refractivity contribution is 9.10. The van der Waals surface area contributed by atoms with E-state index >= 15 is 0 Å². The van der Waals surface area contributed by atoms with Crippen molar-refractivity contribution in [1.82, 2.24) is 14.8 Å². The second-order valence-electron chi connectivity index (χ2n) is 7.06. The van der Waals surface area contributed by atoms with Crippen molar-refractivity contribution in [3.05, 3.63) is 40.2 Å². The molecule has 2 aromatic heterocycles. The lowest BCUT2D eigenvalue weighted by Crippen LogP contribution is -2.39. The zero-order valence-electron chi connectivity index (χ0n) is 16.1. The van der Waals surface area contributed by atoms with Gasteiger partial charge in [-0.05, 0) is 28.1 Å². The van der Waals surface area contributed by atoms with E-state index in [1.807, 2.05) is 13.1 Å². The van der Waals surface area contributed by atoms with Gasteiger partial charge >= 0.3 is 6.09 Å². The fourth-order valence-electron chi connectivity index (χ4n) is 3.71. The van der Waals surface area contributed by atoms with Gasteiger partial charge in [0, 0.05) is 43.9 Å². The Morgan fingerprint density at radius 3 is 2.77 bits per heavy atom. The number of fused-ring (bicyclic) bond motifs is 1. The first-order valence-corrected chi connectivity index (χ1v) is 10.1. The SMILES string of the molecule is Cn1ncc2c(Br)c(-c3ccc(C#N)c(F)c3)nc(N3CCC(OC(N)=O)CC3)c21. The summed E-state index contributed by atoms with van der Waals surface area (Å²) in [6.07, 6.45) is 2.00. The molecule has 1 fully saturated rings. The molecule has 1 amide bonds. The number of hydrogen-bond donors (Lipinski definition) is 1. The Morgan fingerprint density at radius 1 is 1.40 bits per heavy atom. The van der Waals surface area contributed by atoms with Crippen LogP contribution >= 0.6 is 15.9 Å². The Balaban J connectivity index is 1.78. The summed E-state index contributed by atoms with van der Waals surface area (Å²) in [7, 11) is 1.84. The molecule has 0 aliphatic carbocycles. The number of halogens is 2. The second-order valence-corrected chi connectivity index (χ2v) is 7.85. The van der Waals surface area contributed by atoms with Gasteiger partial charge in [-0.1, -0.05) is 6.07 Å². The van der Waals surface area contributed by atoms with Crippen LogP contribution in [0.5, 0.6) is 0 Å². The Labute approximate surface area is 180 Å². The van der Waals surface area contributed by atoms with Gasteiger partial charge < -0.3 is 15.4 Å². The van der Waals surface area contributed by atoms with E-state index in [9.17, 15) is 9.18 Å². The van der Waals surface area contributed by atoms with Crippen molar-refractivity contribution < 1.29 is 13.9 Å². The molecule has 0 atom stereocenters. The first kappa shape index (κ1) is 20.1. The third kappa shape index (κ3) is 3.57. The molecule has 1 aliphatic heterocycles. The largest absolute Gasteiger partial charge is 0.446 e. The predicted octanol–water partition coefficient (Wildman–Crippen LogP) is 3.47. The van der Waals surface area contributed by atoms with Gasteiger partial charge in [0.15, 0.2) is 5.82 Å². The molecule has 8 nitrogen and oxygen atoms in total. The molecule has 1 aliphatic rings. The van der Waals surface area contributed by atoms with Crippen molar-refractivity contribution in [2.75, 3.05) is 18.0 Å². The number of nitrogens with zero attached hydrogens (tertiary/aromatic N) is 5. The molecule has 0 radical (unpaired) electrons. The van der Waals surface area contributed by atoms with E-state index in [0.717, 1.165) is 10.9 Å². The molecule has 154 valence electrons. The highest BCUT2D eigenvalue weighted by Gasteiger charge is 2.26. The fraction of sp³-hybridized carbons (Fsp3) is 0.300. The van der Waals surface area contributed by atoms with Gasteiger partial charge in [0.1, 0.15) is 23.5 Å². The van der Waals surface area contributed by atoms with Crippen molar-refractivity contribution >= 4 is 38.7 Å². The van der Waals surface area contributed by atoms with E-state index < -0.39 is 11.9 Å². The lowest BCUT2D eigenvalue weighted by molar-refractivity contribution is 0.0912. The molecular weight excluding hydrogens is 455 g/mol. The number of benzene rings is 1. The summed E-state index contributed by atoms with van der Waals surface area (Å²) in [6.45, 7) is 1.24. The number of nitriles is 1. The first-order chi connectivity index (χ1) is 14.4. The van der Waals surface area contributed by atoms with Crippen molar-refractivity contribution in [3.63, 3.8) is 0 Å². The molecule has 10 heteroatoms. The zero-order valence-corrected chi connectivity index (χ0v) is 17.7. The third-order valence-electron chi connectivity index (χ3n) is 5.20. The molecule has 1 saturated heterocycles. The number of nitrogens with two attached hydrogens (primary N) is 1. The molecule has 1 aromatic carbocycles. The van der Waals surface area contributed by atoms with Gasteiger partial charge in [-0.25, -0.2) is 14.2 Å². The van der Waals surface area contributed by atoms with E-state index in [4.69, 9.17) is 20.7 Å². The Morgan fingerprint density at radius 2 is 2.13 bits per heavy atom. The molecule has 0 bridgehead atoms. The monoisotopic (exact) mass is 472 g/mol. The van der Waals surface area contributed by atoms with Gasteiger partial charge in [0.05, 0.1) is 21.9 Å². The number of piperidine rings is 1. The number of aromatic nitrogens is 3. The number of primary amides is 1. The van der Waals surface area contributed by atoms with Crippen LogP contribution in [-0.4, -0.2) is 40.1 Å². The van der Waals surface area contributed by atoms with Crippen LogP contribution in [0.1, 0.15) is 18.4 Å². The topological polar surface area (TPSA) is 110 Å². The molecule has 0 saturated carbocycles. The molecule has 3 heterocycles. The summed E-state index contributed by atoms with van der Waals surface area (Å²) < 4.78 is 21.8. The number of pyridine rings is 1. The number of amides is 1. The van der Waals surface area contributed by atoms with E-state index in [1.54, 1.807) is 16.9 Å². The normalized spacial score (nSPS) is 14.7. The molecule has 30 heavy (non-hydrogen) atoms. The lowest BCUT2D eigenvalue weighted by Gasteiger charge is -2.33. The molecule has 0 unspecified atom stereocenters. The lowest BCUT2D eigenvalue weighted by atomic mass is 10.1. The molecule has 4 rings (SSSR count). The number of hydrogen-bond acceptors (Lipinski definition) is 6. The van der Waals surface area contributed by atoms with Crippen LogP contribution in [0.2, 0.25) is 0 Å². The Kier molecular flexibility index (Phi) is 5.30. The van der Waals surface area contributed by atoms with Crippen LogP contribution in [0, 0.1) is 17.1 Å². The van der Waals surface area contributed by atoms with Crippen molar-refractivity contribution in [3.8, 4) is 17.3 Å². The maximum atomic E-state index is 14.2. The van der Waals surface area contributed by atoms with Crippen molar-refractivity contribution in [2.24, 2.45) is 12.8 Å². The van der Waals surface area contributed by atoms with Crippen LogP contribution in [-0.2, 0) is 11.8 Å². The number of anilines is 1. The summed E-state index contributed by atoms with van der Waals surface area (Å²) in [5.41, 5.74) is 7.06. The van der Waals surface area contributed by atoms with Gasteiger partial charge in [-0.3, -0.25) is 4.68 Å². The van der Waals surface area contributed by atoms with Crippen LogP contribution in [0.15, 0.2) is 28.9 Å². The Bertz CT molecular complexity index is 1180. The van der Waals surface area contributed by atoms with Gasteiger partial charge in [-0.15, -0.1) is 0 Å². The minimum absolute atomic E-state index is 0.0194. The highest BCUT2D eigenvalue weighted by Crippen LogP contribution is 2.38. The molecule has 2 N–H and O–H groups in total. The predicted molar refractivity (Wildman–Crippen MR) is 112 cm³/mol. The van der Waals surface area contributed by atoms with Crippen molar-refractivity contribution in [2.45, 2.75) is 18.9 Å². The molecule has 3 aromatic rings. The number of aryl methyl sites for hydroxylation is 1. The van der Waals surface area contributed by atoms with Crippen LogP contribution < -0.4 is 10.6 Å². The first-order valence-electron chi connectivity index (χ1n) is 9.31. The third-order valence-corrected chi connectivity index (χ3v) is 6.00. The minimum atomic E-state index is -0.769. The summed E-state index contributed by atoms with van der Waals surface area (Å²) >= 11 is 3.59. The quantitative estimate of drug-likeness (QED) is 0.624. The van der Waals surface area contributed by atoms with Crippen LogP contribution in [0.25, 0.3) is 22.2 Å². The summed E-state index contributed by atoms with van der Waals surface area (Å²) in [4.78, 5) is 18.0. The van der Waals surface area contributed by atoms with Crippen LogP contribution in [0.4, 0.5) is 15.0 Å². The second kappa shape index (κ2) is 7.91. The maximum absolute atomic E-state index is 14.2. The van der Waals surface area contributed by atoms with Crippen LogP contribution in [0.3, 0.4) is 0 Å². The standard InChI is InChI=1S/C20H18BrFN6O2/c1-27-18-14(10-25-27)16(21)17(11-2-3-12(9-23)15(22)8-11)26-19(18)28-6-4-13(5-7-28)30-20(24)29/h2-3,8,10,13H,4-7H2,1H3,(H2,24,29). The van der Waals surface area contributed by atoms with Crippen molar-refractivity contribution in [1.29, 1.82) is 5.26 Å². The maximum Gasteiger partial charge on any atom is 0.404 e. The average molecular weight is 473 g/mol. The number of rotatable bonds is 3. The van der Waals surface area contributed by atoms with E-state index in [0.29, 0.717) is 47.5 Å². The Hall–Kier alpha value is -3.19. The van der Waals surface area contributed by atoms with E-state index in [-0.39, 0.29) is 11.7 Å². The summed E-state index contributed by atoms with van der Waals surface area (Å²) in [5.74, 6) is 0.117. The average Bonchev–Trinajstić information content (AvgIpc) is 3.11. The van der Waals surface area contributed by atoms with Gasteiger partial charge in [-0.2, -0.15) is 10.4 Å². The molecule has 0 spiro atoms. The summed E-state index contributed by atoms with van der Waals surface area (Å²) in [5, 5.41) is 14.2. The number of ether oxygens (including phenoxy) is 1. The zero-order chi connectivity index (χ0) is 21.4. The fourth-order valence-corrected chi connectivity index (χ4v) is 4.32. The van der Waals surface area contributed by atoms with E-state index in [2.05, 4.69) is 25.9 Å². The van der Waals surface area contributed by atoms with E-state index in [1.165, 1.54) is 12.1 Å². The molecular formula is C20H18BrFN6O2. The summed E-state index contributed by atoms with van der Waals surface area (Å²) in [6, 6.07) is 6.26. The minimum Gasteiger partial charge on any atom is -0.446 e. The highest BCUT2D eigenvalue weighted by atomic mass is 79.9. The smallest absolute Gasteiger partial charge is 0.404 e. The van der Waals surface area contributed by atoms with Gasteiger partial charge in [0.25, 0.3) is 0 Å².